The van der Waals surface area contributed by atoms with Crippen molar-refractivity contribution in [1.82, 2.24) is 4.90 Å². The van der Waals surface area contributed by atoms with E-state index < -0.39 is 0 Å². The summed E-state index contributed by atoms with van der Waals surface area (Å²) in [5, 5.41) is 0. The SMILES string of the molecule is COc1cccc2c1C(=S)N(C)C2=O. The van der Waals surface area contributed by atoms with Crippen LogP contribution in [0.3, 0.4) is 0 Å². The summed E-state index contributed by atoms with van der Waals surface area (Å²) in [5.74, 6) is 0.592. The van der Waals surface area contributed by atoms with Gasteiger partial charge in [0, 0.05) is 7.05 Å². The van der Waals surface area contributed by atoms with Gasteiger partial charge in [0.2, 0.25) is 0 Å². The van der Waals surface area contributed by atoms with Crippen LogP contribution in [0, 0.1) is 0 Å². The molecule has 0 N–H and O–H groups in total. The summed E-state index contributed by atoms with van der Waals surface area (Å²) in [6, 6.07) is 5.35. The lowest BCUT2D eigenvalue weighted by molar-refractivity contribution is 0.0884. The van der Waals surface area contributed by atoms with Gasteiger partial charge < -0.3 is 9.64 Å². The van der Waals surface area contributed by atoms with Crippen molar-refractivity contribution in [3.63, 3.8) is 0 Å². The maximum absolute atomic E-state index is 11.7. The predicted molar refractivity (Wildman–Crippen MR) is 56.8 cm³/mol. The Morgan fingerprint density at radius 3 is 2.79 bits per heavy atom. The maximum atomic E-state index is 11.7. The van der Waals surface area contributed by atoms with E-state index in [0.717, 1.165) is 5.56 Å². The molecule has 0 saturated carbocycles. The number of rotatable bonds is 1. The van der Waals surface area contributed by atoms with E-state index in [9.17, 15) is 4.79 Å². The van der Waals surface area contributed by atoms with Gasteiger partial charge in [-0.1, -0.05) is 18.3 Å². The number of carbonyl (C=O) groups is 1. The molecule has 0 atom stereocenters. The highest BCUT2D eigenvalue weighted by atomic mass is 32.1. The number of methoxy groups -OCH3 is 1. The molecule has 0 fully saturated rings. The van der Waals surface area contributed by atoms with E-state index in [1.54, 1.807) is 32.4 Å². The zero-order chi connectivity index (χ0) is 10.3. The zero-order valence-corrected chi connectivity index (χ0v) is 8.72. The van der Waals surface area contributed by atoms with E-state index in [1.807, 2.05) is 0 Å². The van der Waals surface area contributed by atoms with E-state index in [0.29, 0.717) is 16.3 Å². The minimum absolute atomic E-state index is 0.0658. The van der Waals surface area contributed by atoms with Crippen molar-refractivity contribution in [2.24, 2.45) is 0 Å². The smallest absolute Gasteiger partial charge is 0.259 e. The molecule has 1 aliphatic heterocycles. The molecule has 2 rings (SSSR count). The van der Waals surface area contributed by atoms with Crippen molar-refractivity contribution in [3.8, 4) is 5.75 Å². The number of benzene rings is 1. The van der Waals surface area contributed by atoms with Gasteiger partial charge in [0.05, 0.1) is 18.2 Å². The Labute approximate surface area is 87.3 Å². The summed E-state index contributed by atoms with van der Waals surface area (Å²) in [6.45, 7) is 0. The van der Waals surface area contributed by atoms with Crippen LogP contribution < -0.4 is 4.74 Å². The van der Waals surface area contributed by atoms with Crippen molar-refractivity contribution in [3.05, 3.63) is 29.3 Å². The number of hydrogen-bond donors (Lipinski definition) is 0. The molecule has 1 aromatic carbocycles. The highest BCUT2D eigenvalue weighted by Gasteiger charge is 2.31. The second-order valence-corrected chi connectivity index (χ2v) is 3.44. The Morgan fingerprint density at radius 2 is 2.14 bits per heavy atom. The number of fused-ring (bicyclic) bond motifs is 1. The van der Waals surface area contributed by atoms with Crippen molar-refractivity contribution in [2.45, 2.75) is 0 Å². The molecule has 0 aliphatic carbocycles. The van der Waals surface area contributed by atoms with E-state index in [2.05, 4.69) is 0 Å². The molecule has 1 heterocycles. The maximum Gasteiger partial charge on any atom is 0.259 e. The second-order valence-electron chi connectivity index (χ2n) is 3.05. The number of carbonyl (C=O) groups excluding carboxylic acids is 1. The fourth-order valence-electron chi connectivity index (χ4n) is 1.54. The van der Waals surface area contributed by atoms with Crippen LogP contribution in [-0.2, 0) is 0 Å². The minimum Gasteiger partial charge on any atom is -0.496 e. The van der Waals surface area contributed by atoms with Crippen LogP contribution in [-0.4, -0.2) is 30.0 Å². The molecule has 0 unspecified atom stereocenters. The molecular weight excluding hydrogens is 198 g/mol. The normalized spacial score (nSPS) is 14.6. The monoisotopic (exact) mass is 207 g/mol. The topological polar surface area (TPSA) is 29.5 Å². The number of amides is 1. The summed E-state index contributed by atoms with van der Waals surface area (Å²) in [6.07, 6.45) is 0. The lowest BCUT2D eigenvalue weighted by atomic mass is 10.1. The lowest BCUT2D eigenvalue weighted by Crippen LogP contribution is -2.23. The first kappa shape index (κ1) is 9.15. The van der Waals surface area contributed by atoms with Crippen molar-refractivity contribution in [2.75, 3.05) is 14.2 Å². The molecule has 1 aliphatic rings. The summed E-state index contributed by atoms with van der Waals surface area (Å²) in [4.78, 5) is 13.6. The number of thiocarbonyl (C=S) groups is 1. The molecule has 0 bridgehead atoms. The summed E-state index contributed by atoms with van der Waals surface area (Å²) in [7, 11) is 3.24. The Morgan fingerprint density at radius 1 is 1.43 bits per heavy atom. The third-order valence-electron chi connectivity index (χ3n) is 2.30. The second kappa shape index (κ2) is 3.06. The largest absolute Gasteiger partial charge is 0.496 e. The van der Waals surface area contributed by atoms with E-state index in [-0.39, 0.29) is 5.91 Å². The van der Waals surface area contributed by atoms with Crippen LogP contribution in [0.2, 0.25) is 0 Å². The van der Waals surface area contributed by atoms with Gasteiger partial charge in [0.25, 0.3) is 5.91 Å². The number of nitrogens with zero attached hydrogens (tertiary/aromatic N) is 1. The minimum atomic E-state index is -0.0658. The third-order valence-corrected chi connectivity index (χ3v) is 2.78. The van der Waals surface area contributed by atoms with Gasteiger partial charge in [0.15, 0.2) is 0 Å². The third kappa shape index (κ3) is 1.04. The average molecular weight is 207 g/mol. The highest BCUT2D eigenvalue weighted by molar-refractivity contribution is 7.80. The van der Waals surface area contributed by atoms with E-state index in [1.165, 1.54) is 4.90 Å². The van der Waals surface area contributed by atoms with Gasteiger partial charge in [-0.2, -0.15) is 0 Å². The van der Waals surface area contributed by atoms with Crippen LogP contribution in [0.5, 0.6) is 5.75 Å². The summed E-state index contributed by atoms with van der Waals surface area (Å²) < 4.78 is 5.16. The fraction of sp³-hybridized carbons (Fsp3) is 0.200. The lowest BCUT2D eigenvalue weighted by Gasteiger charge is -2.07. The van der Waals surface area contributed by atoms with E-state index in [4.69, 9.17) is 17.0 Å². The first-order valence-corrected chi connectivity index (χ1v) is 4.57. The first-order chi connectivity index (χ1) is 6.66. The predicted octanol–water partition coefficient (Wildman–Crippen LogP) is 1.46. The van der Waals surface area contributed by atoms with Crippen LogP contribution in [0.1, 0.15) is 15.9 Å². The molecular formula is C10H9NO2S. The molecule has 0 spiro atoms. The van der Waals surface area contributed by atoms with Crippen molar-refractivity contribution in [1.29, 1.82) is 0 Å². The molecule has 1 amide bonds. The Hall–Kier alpha value is -1.42. The summed E-state index contributed by atoms with van der Waals surface area (Å²) >= 11 is 5.15. The fourth-order valence-corrected chi connectivity index (χ4v) is 1.83. The molecule has 0 saturated heterocycles. The van der Waals surface area contributed by atoms with Crippen molar-refractivity contribution >= 4 is 23.1 Å². The molecule has 0 aromatic heterocycles. The van der Waals surface area contributed by atoms with Gasteiger partial charge in [-0.3, -0.25) is 4.79 Å². The molecule has 72 valence electrons. The van der Waals surface area contributed by atoms with Crippen LogP contribution in [0.4, 0.5) is 0 Å². The van der Waals surface area contributed by atoms with Gasteiger partial charge >= 0.3 is 0 Å². The molecule has 14 heavy (non-hydrogen) atoms. The standard InChI is InChI=1S/C10H9NO2S/c1-11-9(12)6-4-3-5-7(13-2)8(6)10(11)14/h3-5H,1-2H3. The molecule has 3 nitrogen and oxygen atoms in total. The average Bonchev–Trinajstić information content (AvgIpc) is 2.44. The Kier molecular flexibility index (Phi) is 2.00. The van der Waals surface area contributed by atoms with Crippen LogP contribution >= 0.6 is 12.2 Å². The van der Waals surface area contributed by atoms with Crippen molar-refractivity contribution < 1.29 is 9.53 Å². The van der Waals surface area contributed by atoms with Crippen LogP contribution in [0.25, 0.3) is 0 Å². The number of ether oxygens (including phenoxy) is 1. The first-order valence-electron chi connectivity index (χ1n) is 4.16. The van der Waals surface area contributed by atoms with Gasteiger partial charge in [-0.25, -0.2) is 0 Å². The van der Waals surface area contributed by atoms with E-state index >= 15 is 0 Å². The van der Waals surface area contributed by atoms with Crippen LogP contribution in [0.15, 0.2) is 18.2 Å². The van der Waals surface area contributed by atoms with Gasteiger partial charge in [0.1, 0.15) is 10.7 Å². The Balaban J connectivity index is 2.69. The molecule has 1 aromatic rings. The molecule has 0 radical (unpaired) electrons. The summed E-state index contributed by atoms with van der Waals surface area (Å²) in [5.41, 5.74) is 1.36. The molecule has 4 heteroatoms. The van der Waals surface area contributed by atoms with Gasteiger partial charge in [-0.05, 0) is 12.1 Å². The zero-order valence-electron chi connectivity index (χ0n) is 7.90. The highest BCUT2D eigenvalue weighted by Crippen LogP contribution is 2.30. The Bertz CT molecular complexity index is 428. The van der Waals surface area contributed by atoms with Gasteiger partial charge in [-0.15, -0.1) is 0 Å². The number of hydrogen-bond acceptors (Lipinski definition) is 3. The quantitative estimate of drug-likeness (QED) is 0.653.